The van der Waals surface area contributed by atoms with Crippen molar-refractivity contribution in [1.29, 1.82) is 0 Å². The Bertz CT molecular complexity index is 934. The highest BCUT2D eigenvalue weighted by Crippen LogP contribution is 2.30. The summed E-state index contributed by atoms with van der Waals surface area (Å²) >= 11 is 0. The molecule has 0 bridgehead atoms. The van der Waals surface area contributed by atoms with Crippen LogP contribution in [0.15, 0.2) is 36.9 Å². The number of nitrogens with two attached hydrogens (primary N) is 2. The SMILES string of the molecule is CN1CCC(n2cc(-c3cnc(N)c(OCc4ccncc4)n3)c(N)n2)CC1. The number of ether oxygens (including phenoxy) is 1. The highest BCUT2D eigenvalue weighted by molar-refractivity contribution is 5.70. The molecule has 1 aliphatic heterocycles. The molecule has 0 aliphatic carbocycles. The standard InChI is InChI=1S/C19H24N8O/c1-26-8-4-14(5-9-26)27-11-15(17(20)25-27)16-10-23-18(21)19(24-16)28-12-13-2-6-22-7-3-13/h2-3,6-7,10-11,14H,4-5,8-9,12H2,1H3,(H2,20,25)(H2,21,23). The van der Waals surface area contributed by atoms with E-state index in [-0.39, 0.29) is 11.7 Å². The van der Waals surface area contributed by atoms with Crippen LogP contribution in [-0.4, -0.2) is 49.8 Å². The van der Waals surface area contributed by atoms with Crippen molar-refractivity contribution in [3.8, 4) is 17.1 Å². The van der Waals surface area contributed by atoms with Gasteiger partial charge in [0.2, 0.25) is 0 Å². The van der Waals surface area contributed by atoms with Crippen LogP contribution in [0.3, 0.4) is 0 Å². The molecule has 0 unspecified atom stereocenters. The lowest BCUT2D eigenvalue weighted by atomic mass is 10.1. The first-order valence-corrected chi connectivity index (χ1v) is 9.28. The number of aromatic nitrogens is 5. The summed E-state index contributed by atoms with van der Waals surface area (Å²) in [5.41, 5.74) is 14.4. The highest BCUT2D eigenvalue weighted by atomic mass is 16.5. The maximum absolute atomic E-state index is 6.17. The second kappa shape index (κ2) is 7.81. The van der Waals surface area contributed by atoms with E-state index < -0.39 is 0 Å². The molecule has 3 aromatic heterocycles. The van der Waals surface area contributed by atoms with E-state index in [0.29, 0.717) is 24.2 Å². The first-order chi connectivity index (χ1) is 13.6. The van der Waals surface area contributed by atoms with Gasteiger partial charge in [0.1, 0.15) is 6.61 Å². The Morgan fingerprint density at radius 2 is 1.89 bits per heavy atom. The Hall–Kier alpha value is -3.20. The number of hydrogen-bond donors (Lipinski definition) is 2. The molecule has 28 heavy (non-hydrogen) atoms. The molecule has 0 saturated carbocycles. The molecule has 0 aromatic carbocycles. The van der Waals surface area contributed by atoms with Gasteiger partial charge in [0, 0.05) is 18.6 Å². The molecule has 4 rings (SSSR count). The van der Waals surface area contributed by atoms with Gasteiger partial charge in [-0.1, -0.05) is 0 Å². The Balaban J connectivity index is 1.54. The molecule has 3 aromatic rings. The highest BCUT2D eigenvalue weighted by Gasteiger charge is 2.21. The van der Waals surface area contributed by atoms with Gasteiger partial charge in [-0.3, -0.25) is 9.67 Å². The lowest BCUT2D eigenvalue weighted by Crippen LogP contribution is -2.31. The van der Waals surface area contributed by atoms with Crippen LogP contribution in [0.25, 0.3) is 11.3 Å². The molecule has 0 atom stereocenters. The predicted molar refractivity (Wildman–Crippen MR) is 106 cm³/mol. The summed E-state index contributed by atoms with van der Waals surface area (Å²) in [5.74, 6) is 0.943. The summed E-state index contributed by atoms with van der Waals surface area (Å²) in [6.07, 6.45) is 9.05. The predicted octanol–water partition coefficient (Wildman–Crippen LogP) is 1.75. The van der Waals surface area contributed by atoms with Crippen molar-refractivity contribution in [2.75, 3.05) is 31.6 Å². The van der Waals surface area contributed by atoms with Gasteiger partial charge < -0.3 is 21.1 Å². The molecule has 9 heteroatoms. The van der Waals surface area contributed by atoms with Crippen LogP contribution in [0, 0.1) is 0 Å². The third-order valence-electron chi connectivity index (χ3n) is 4.99. The fraction of sp³-hybridized carbons (Fsp3) is 0.368. The molecule has 0 amide bonds. The number of piperidine rings is 1. The van der Waals surface area contributed by atoms with Gasteiger partial charge in [-0.05, 0) is 50.7 Å². The molecule has 1 fully saturated rings. The third-order valence-corrected chi connectivity index (χ3v) is 4.99. The van der Waals surface area contributed by atoms with Crippen LogP contribution in [0.2, 0.25) is 0 Å². The smallest absolute Gasteiger partial charge is 0.258 e. The van der Waals surface area contributed by atoms with E-state index in [0.717, 1.165) is 37.1 Å². The largest absolute Gasteiger partial charge is 0.470 e. The van der Waals surface area contributed by atoms with Crippen LogP contribution < -0.4 is 16.2 Å². The monoisotopic (exact) mass is 380 g/mol. The van der Waals surface area contributed by atoms with Gasteiger partial charge >= 0.3 is 0 Å². The maximum Gasteiger partial charge on any atom is 0.258 e. The molecule has 146 valence electrons. The lowest BCUT2D eigenvalue weighted by Gasteiger charge is -2.28. The van der Waals surface area contributed by atoms with Crippen molar-refractivity contribution in [2.24, 2.45) is 0 Å². The Kier molecular flexibility index (Phi) is 5.07. The van der Waals surface area contributed by atoms with Crippen LogP contribution in [0.5, 0.6) is 5.88 Å². The van der Waals surface area contributed by atoms with Crippen LogP contribution in [-0.2, 0) is 6.61 Å². The van der Waals surface area contributed by atoms with Crippen molar-refractivity contribution >= 4 is 11.6 Å². The molecular formula is C19H24N8O. The van der Waals surface area contributed by atoms with E-state index >= 15 is 0 Å². The molecule has 0 spiro atoms. The van der Waals surface area contributed by atoms with Crippen molar-refractivity contribution in [3.05, 3.63) is 42.5 Å². The van der Waals surface area contributed by atoms with E-state index in [9.17, 15) is 0 Å². The molecular weight excluding hydrogens is 356 g/mol. The van der Waals surface area contributed by atoms with Gasteiger partial charge in [-0.2, -0.15) is 5.10 Å². The van der Waals surface area contributed by atoms with Crippen molar-refractivity contribution < 1.29 is 4.74 Å². The third kappa shape index (κ3) is 3.89. The maximum atomic E-state index is 6.17. The minimum absolute atomic E-state index is 0.235. The zero-order valence-corrected chi connectivity index (χ0v) is 15.8. The molecule has 9 nitrogen and oxygen atoms in total. The summed E-state index contributed by atoms with van der Waals surface area (Å²) in [5, 5.41) is 4.51. The molecule has 1 aliphatic rings. The minimum Gasteiger partial charge on any atom is -0.470 e. The van der Waals surface area contributed by atoms with E-state index in [1.807, 2.05) is 23.0 Å². The summed E-state index contributed by atoms with van der Waals surface area (Å²) in [6.45, 7) is 2.43. The average Bonchev–Trinajstić information content (AvgIpc) is 3.10. The quantitative estimate of drug-likeness (QED) is 0.687. The number of rotatable bonds is 5. The van der Waals surface area contributed by atoms with Gasteiger partial charge in [-0.15, -0.1) is 0 Å². The van der Waals surface area contributed by atoms with Gasteiger partial charge in [0.15, 0.2) is 11.6 Å². The van der Waals surface area contributed by atoms with Gasteiger partial charge in [0.05, 0.1) is 23.5 Å². The zero-order chi connectivity index (χ0) is 19.5. The summed E-state index contributed by atoms with van der Waals surface area (Å²) in [6, 6.07) is 4.09. The van der Waals surface area contributed by atoms with E-state index in [4.69, 9.17) is 16.2 Å². The van der Waals surface area contributed by atoms with Gasteiger partial charge in [-0.25, -0.2) is 9.97 Å². The second-order valence-electron chi connectivity index (χ2n) is 7.03. The minimum atomic E-state index is 0.235. The fourth-order valence-corrected chi connectivity index (χ4v) is 3.30. The molecule has 4 heterocycles. The Morgan fingerprint density at radius 3 is 2.64 bits per heavy atom. The zero-order valence-electron chi connectivity index (χ0n) is 15.8. The van der Waals surface area contributed by atoms with Crippen LogP contribution >= 0.6 is 0 Å². The van der Waals surface area contributed by atoms with Crippen LogP contribution in [0.4, 0.5) is 11.6 Å². The van der Waals surface area contributed by atoms with E-state index in [1.54, 1.807) is 18.6 Å². The van der Waals surface area contributed by atoms with Crippen molar-refractivity contribution in [2.45, 2.75) is 25.5 Å². The first-order valence-electron chi connectivity index (χ1n) is 9.28. The molecule has 4 N–H and O–H groups in total. The second-order valence-corrected chi connectivity index (χ2v) is 7.03. The number of nitrogen functional groups attached to an aromatic ring is 2. The lowest BCUT2D eigenvalue weighted by molar-refractivity contribution is 0.212. The molecule has 0 radical (unpaired) electrons. The number of pyridine rings is 1. The van der Waals surface area contributed by atoms with Crippen molar-refractivity contribution in [1.82, 2.24) is 29.6 Å². The molecule has 1 saturated heterocycles. The number of likely N-dealkylation sites (tertiary alicyclic amines) is 1. The Labute approximate surface area is 163 Å². The average molecular weight is 380 g/mol. The van der Waals surface area contributed by atoms with E-state index in [1.165, 1.54) is 0 Å². The van der Waals surface area contributed by atoms with Crippen molar-refractivity contribution in [3.63, 3.8) is 0 Å². The van der Waals surface area contributed by atoms with Crippen LogP contribution in [0.1, 0.15) is 24.4 Å². The Morgan fingerprint density at radius 1 is 1.14 bits per heavy atom. The summed E-state index contributed by atoms with van der Waals surface area (Å²) in [4.78, 5) is 15.1. The number of anilines is 2. The normalized spacial score (nSPS) is 15.6. The number of hydrogen-bond acceptors (Lipinski definition) is 8. The van der Waals surface area contributed by atoms with Gasteiger partial charge in [0.25, 0.3) is 5.88 Å². The summed E-state index contributed by atoms with van der Waals surface area (Å²) < 4.78 is 7.71. The first kappa shape index (κ1) is 18.2. The number of nitrogens with zero attached hydrogens (tertiary/aromatic N) is 6. The fourth-order valence-electron chi connectivity index (χ4n) is 3.30. The topological polar surface area (TPSA) is 121 Å². The summed E-state index contributed by atoms with van der Waals surface area (Å²) in [7, 11) is 2.14. The van der Waals surface area contributed by atoms with E-state index in [2.05, 4.69) is 32.0 Å².